The van der Waals surface area contributed by atoms with E-state index in [1.807, 2.05) is 19.1 Å². The van der Waals surface area contributed by atoms with Crippen LogP contribution in [0.3, 0.4) is 0 Å². The molecule has 0 unspecified atom stereocenters. The van der Waals surface area contributed by atoms with Crippen molar-refractivity contribution >= 4 is 11.0 Å². The van der Waals surface area contributed by atoms with Crippen LogP contribution >= 0.6 is 0 Å². The van der Waals surface area contributed by atoms with Crippen LogP contribution in [0.5, 0.6) is 5.75 Å². The van der Waals surface area contributed by atoms with Crippen molar-refractivity contribution in [3.63, 3.8) is 0 Å². The second-order valence-corrected chi connectivity index (χ2v) is 10.0. The maximum atomic E-state index is 11.7. The van der Waals surface area contributed by atoms with E-state index in [2.05, 4.69) is 20.8 Å². The summed E-state index contributed by atoms with van der Waals surface area (Å²) in [7, 11) is 0. The number of hydrogen-bond acceptors (Lipinski definition) is 5. The minimum atomic E-state index is -0.892. The van der Waals surface area contributed by atoms with E-state index >= 15 is 0 Å². The van der Waals surface area contributed by atoms with Crippen LogP contribution in [0.25, 0.3) is 11.0 Å². The summed E-state index contributed by atoms with van der Waals surface area (Å²) in [5.74, 6) is 0.891. The summed E-state index contributed by atoms with van der Waals surface area (Å²) in [5.41, 5.74) is -1.25. The molecule has 0 spiro atoms. The summed E-state index contributed by atoms with van der Waals surface area (Å²) in [5, 5.41) is 23.1. The van der Waals surface area contributed by atoms with E-state index in [-0.39, 0.29) is 34.4 Å². The molecule has 2 fully saturated rings. The second kappa shape index (κ2) is 6.85. The number of aliphatic hydroxyl groups excluding tert-OH is 1. The molecule has 1 heterocycles. The summed E-state index contributed by atoms with van der Waals surface area (Å²) in [6.45, 7) is 8.80. The van der Waals surface area contributed by atoms with Gasteiger partial charge in [-0.05, 0) is 67.6 Å². The van der Waals surface area contributed by atoms with Crippen molar-refractivity contribution in [1.82, 2.24) is 0 Å². The Morgan fingerprint density at radius 1 is 1.10 bits per heavy atom. The normalized spacial score (nSPS) is 36.6. The molecule has 0 radical (unpaired) electrons. The topological polar surface area (TPSA) is 79.9 Å². The Hall–Kier alpha value is -1.85. The van der Waals surface area contributed by atoms with E-state index in [4.69, 9.17) is 9.15 Å². The van der Waals surface area contributed by atoms with Crippen LogP contribution < -0.4 is 10.4 Å². The number of benzene rings is 1. The SMILES string of the molecule is CC1(C)[C@H]2CC[C@@H](COc3ccc4ccc(=O)oc4c3)[C@](C)(O)[C@@]2(C)CC[C@@H]1O. The second-order valence-electron chi connectivity index (χ2n) is 10.0. The molecule has 1 aromatic carbocycles. The molecule has 4 rings (SSSR count). The van der Waals surface area contributed by atoms with Gasteiger partial charge >= 0.3 is 5.63 Å². The van der Waals surface area contributed by atoms with Crippen molar-refractivity contribution in [3.8, 4) is 5.75 Å². The van der Waals surface area contributed by atoms with E-state index in [9.17, 15) is 15.0 Å². The highest BCUT2D eigenvalue weighted by Gasteiger charge is 2.62. The summed E-state index contributed by atoms with van der Waals surface area (Å²) in [6, 6.07) is 8.61. The number of fused-ring (bicyclic) bond motifs is 2. The van der Waals surface area contributed by atoms with Gasteiger partial charge < -0.3 is 19.4 Å². The molecule has 5 atom stereocenters. The minimum absolute atomic E-state index is 0.00623. The van der Waals surface area contributed by atoms with Gasteiger partial charge in [0.1, 0.15) is 11.3 Å². The van der Waals surface area contributed by atoms with Crippen LogP contribution in [-0.2, 0) is 0 Å². The van der Waals surface area contributed by atoms with Crippen LogP contribution in [0.15, 0.2) is 39.5 Å². The Morgan fingerprint density at radius 3 is 2.59 bits per heavy atom. The maximum Gasteiger partial charge on any atom is 0.336 e. The Kier molecular flexibility index (Phi) is 4.82. The van der Waals surface area contributed by atoms with Crippen LogP contribution in [0.2, 0.25) is 0 Å². The van der Waals surface area contributed by atoms with Crippen LogP contribution in [0.4, 0.5) is 0 Å². The van der Waals surface area contributed by atoms with Crippen molar-refractivity contribution in [2.24, 2.45) is 22.7 Å². The molecule has 0 aliphatic heterocycles. The molecular formula is C24H32O5. The zero-order valence-electron chi connectivity index (χ0n) is 17.8. The fraction of sp³-hybridized carbons (Fsp3) is 0.625. The van der Waals surface area contributed by atoms with Gasteiger partial charge in [0.05, 0.1) is 18.3 Å². The highest BCUT2D eigenvalue weighted by atomic mass is 16.5. The summed E-state index contributed by atoms with van der Waals surface area (Å²) in [6.07, 6.45) is 3.03. The number of hydrogen-bond donors (Lipinski definition) is 2. The summed E-state index contributed by atoms with van der Waals surface area (Å²) in [4.78, 5) is 11.5. The maximum absolute atomic E-state index is 11.7. The fourth-order valence-corrected chi connectivity index (χ4v) is 6.02. The number of rotatable bonds is 3. The number of aliphatic hydroxyl groups is 2. The molecule has 5 heteroatoms. The third-order valence-electron chi connectivity index (χ3n) is 8.26. The molecule has 158 valence electrons. The Bertz CT molecular complexity index is 959. The minimum Gasteiger partial charge on any atom is -0.493 e. The van der Waals surface area contributed by atoms with Crippen molar-refractivity contribution in [1.29, 1.82) is 0 Å². The standard InChI is InChI=1S/C24H32O5/c1-22(2)19-9-7-16(24(4,27)23(19,3)12-11-20(22)25)14-28-17-8-5-15-6-10-21(26)29-18(15)13-17/h5-6,8,10,13,16,19-20,25,27H,7,9,11-12,14H2,1-4H3/t16-,19+,20-,23-,24-/m0/s1. The third kappa shape index (κ3) is 3.19. The lowest BCUT2D eigenvalue weighted by Gasteiger charge is -2.63. The molecule has 2 aliphatic rings. The van der Waals surface area contributed by atoms with Gasteiger partial charge in [0.2, 0.25) is 0 Å². The van der Waals surface area contributed by atoms with Crippen molar-refractivity contribution < 1.29 is 19.4 Å². The molecule has 2 aliphatic carbocycles. The fourth-order valence-electron chi connectivity index (χ4n) is 6.02. The first-order chi connectivity index (χ1) is 13.6. The quantitative estimate of drug-likeness (QED) is 0.757. The molecule has 29 heavy (non-hydrogen) atoms. The molecule has 0 saturated heterocycles. The first kappa shape index (κ1) is 20.4. The number of ether oxygens (including phenoxy) is 1. The molecule has 0 amide bonds. The molecule has 2 N–H and O–H groups in total. The van der Waals surface area contributed by atoms with Crippen molar-refractivity contribution in [2.45, 2.75) is 65.1 Å². The molecule has 2 aromatic rings. The van der Waals surface area contributed by atoms with Gasteiger partial charge in [0, 0.05) is 23.4 Å². The molecular weight excluding hydrogens is 368 g/mol. The lowest BCUT2D eigenvalue weighted by atomic mass is 9.44. The summed E-state index contributed by atoms with van der Waals surface area (Å²) < 4.78 is 11.3. The van der Waals surface area contributed by atoms with E-state index < -0.39 is 5.60 Å². The summed E-state index contributed by atoms with van der Waals surface area (Å²) >= 11 is 0. The van der Waals surface area contributed by atoms with Gasteiger partial charge in [-0.15, -0.1) is 0 Å². The third-order valence-corrected chi connectivity index (χ3v) is 8.26. The Labute approximate surface area is 171 Å². The average Bonchev–Trinajstić information content (AvgIpc) is 2.65. The van der Waals surface area contributed by atoms with Crippen LogP contribution in [0, 0.1) is 22.7 Å². The average molecular weight is 401 g/mol. The highest BCUT2D eigenvalue weighted by Crippen LogP contribution is 2.62. The van der Waals surface area contributed by atoms with Gasteiger partial charge in [-0.1, -0.05) is 20.8 Å². The largest absolute Gasteiger partial charge is 0.493 e. The van der Waals surface area contributed by atoms with Crippen molar-refractivity contribution in [2.75, 3.05) is 6.61 Å². The predicted molar refractivity (Wildman–Crippen MR) is 112 cm³/mol. The highest BCUT2D eigenvalue weighted by molar-refractivity contribution is 5.77. The zero-order chi connectivity index (χ0) is 21.0. The van der Waals surface area contributed by atoms with Gasteiger partial charge in [0.25, 0.3) is 0 Å². The van der Waals surface area contributed by atoms with E-state index in [0.29, 0.717) is 24.4 Å². The van der Waals surface area contributed by atoms with E-state index in [0.717, 1.165) is 24.6 Å². The smallest absolute Gasteiger partial charge is 0.336 e. The zero-order valence-corrected chi connectivity index (χ0v) is 17.8. The molecule has 0 bridgehead atoms. The van der Waals surface area contributed by atoms with E-state index in [1.165, 1.54) is 6.07 Å². The Morgan fingerprint density at radius 2 is 1.83 bits per heavy atom. The van der Waals surface area contributed by atoms with Gasteiger partial charge in [-0.2, -0.15) is 0 Å². The van der Waals surface area contributed by atoms with E-state index in [1.54, 1.807) is 12.1 Å². The molecule has 1 aromatic heterocycles. The first-order valence-corrected chi connectivity index (χ1v) is 10.6. The predicted octanol–water partition coefficient (Wildman–Crippen LogP) is 4.14. The lowest BCUT2D eigenvalue weighted by molar-refractivity contribution is -0.227. The van der Waals surface area contributed by atoms with Crippen LogP contribution in [0.1, 0.15) is 53.4 Å². The van der Waals surface area contributed by atoms with Crippen molar-refractivity contribution in [3.05, 3.63) is 40.8 Å². The van der Waals surface area contributed by atoms with Gasteiger partial charge in [0.15, 0.2) is 0 Å². The lowest BCUT2D eigenvalue weighted by Crippen LogP contribution is -2.64. The molecule has 5 nitrogen and oxygen atoms in total. The monoisotopic (exact) mass is 400 g/mol. The van der Waals surface area contributed by atoms with Gasteiger partial charge in [-0.3, -0.25) is 0 Å². The van der Waals surface area contributed by atoms with Gasteiger partial charge in [-0.25, -0.2) is 4.79 Å². The van der Waals surface area contributed by atoms with Crippen LogP contribution in [-0.4, -0.2) is 28.5 Å². The first-order valence-electron chi connectivity index (χ1n) is 10.6. The Balaban J connectivity index is 1.54. The molecule has 2 saturated carbocycles.